The normalized spacial score (nSPS) is 12.6. The van der Waals surface area contributed by atoms with E-state index in [1.165, 1.54) is 0 Å². The van der Waals surface area contributed by atoms with Crippen molar-refractivity contribution in [2.45, 2.75) is 32.4 Å². The molecule has 0 radical (unpaired) electrons. The minimum atomic E-state index is -0.532. The average Bonchev–Trinajstić information content (AvgIpc) is 2.40. The molecule has 0 aliphatic heterocycles. The van der Waals surface area contributed by atoms with E-state index in [-0.39, 0.29) is 18.8 Å². The highest BCUT2D eigenvalue weighted by Crippen LogP contribution is 2.26. The first-order chi connectivity index (χ1) is 9.42. The van der Waals surface area contributed by atoms with Gasteiger partial charge in [0.15, 0.2) is 11.5 Å². The van der Waals surface area contributed by atoms with E-state index < -0.39 is 6.10 Å². The molecule has 0 bridgehead atoms. The molecule has 110 valence electrons. The second-order valence-electron chi connectivity index (χ2n) is 5.71. The van der Waals surface area contributed by atoms with Gasteiger partial charge in [-0.25, -0.2) is 0 Å². The van der Waals surface area contributed by atoms with E-state index in [1.807, 2.05) is 12.1 Å². The van der Waals surface area contributed by atoms with Crippen LogP contribution in [0.15, 0.2) is 24.3 Å². The Hall–Kier alpha value is -1.70. The number of hydrogen-bond acceptors (Lipinski definition) is 3. The molecule has 4 nitrogen and oxygen atoms in total. The van der Waals surface area contributed by atoms with Crippen LogP contribution in [0.5, 0.6) is 11.5 Å². The van der Waals surface area contributed by atoms with Crippen LogP contribution in [0, 0.1) is 12.3 Å². The number of benzene rings is 1. The third kappa shape index (κ3) is 6.46. The third-order valence-electron chi connectivity index (χ3n) is 2.59. The Morgan fingerprint density at radius 2 is 1.85 bits per heavy atom. The minimum Gasteiger partial charge on any atom is -0.487 e. The van der Waals surface area contributed by atoms with E-state index >= 15 is 0 Å². The molecule has 0 saturated heterocycles. The summed E-state index contributed by atoms with van der Waals surface area (Å²) < 4.78 is 11.0. The fraction of sp³-hybridized carbons (Fsp3) is 0.500. The van der Waals surface area contributed by atoms with Gasteiger partial charge in [-0.15, -0.1) is 6.42 Å². The zero-order valence-corrected chi connectivity index (χ0v) is 12.4. The van der Waals surface area contributed by atoms with E-state index in [0.717, 1.165) is 0 Å². The van der Waals surface area contributed by atoms with Crippen molar-refractivity contribution >= 4 is 0 Å². The molecule has 0 aliphatic rings. The Morgan fingerprint density at radius 3 is 2.40 bits per heavy atom. The Balaban J connectivity index is 2.47. The van der Waals surface area contributed by atoms with Gasteiger partial charge in [-0.3, -0.25) is 0 Å². The summed E-state index contributed by atoms with van der Waals surface area (Å²) in [5.41, 5.74) is 0.0921. The summed E-state index contributed by atoms with van der Waals surface area (Å²) >= 11 is 0. The van der Waals surface area contributed by atoms with E-state index in [9.17, 15) is 5.11 Å². The van der Waals surface area contributed by atoms with Gasteiger partial charge in [-0.05, 0) is 32.9 Å². The van der Waals surface area contributed by atoms with Crippen LogP contribution in [-0.4, -0.2) is 36.5 Å². The van der Waals surface area contributed by atoms with Crippen molar-refractivity contribution in [3.05, 3.63) is 24.3 Å². The number of quaternary nitrogens is 1. The maximum Gasteiger partial charge on any atom is 0.162 e. The summed E-state index contributed by atoms with van der Waals surface area (Å²) in [6.07, 6.45) is 4.64. The van der Waals surface area contributed by atoms with Gasteiger partial charge in [0, 0.05) is 0 Å². The molecule has 1 aromatic rings. The molecule has 1 atom stereocenters. The van der Waals surface area contributed by atoms with Crippen LogP contribution in [0.2, 0.25) is 0 Å². The van der Waals surface area contributed by atoms with Gasteiger partial charge in [0.25, 0.3) is 0 Å². The van der Waals surface area contributed by atoms with Crippen molar-refractivity contribution in [3.63, 3.8) is 0 Å². The van der Waals surface area contributed by atoms with Gasteiger partial charge in [0.1, 0.15) is 25.9 Å². The number of aliphatic hydroxyl groups is 1. The predicted octanol–water partition coefficient (Wildman–Crippen LogP) is 0.800. The highest BCUT2D eigenvalue weighted by molar-refractivity contribution is 5.39. The Kier molecular flexibility index (Phi) is 6.37. The van der Waals surface area contributed by atoms with Crippen molar-refractivity contribution in [2.75, 3.05) is 19.8 Å². The van der Waals surface area contributed by atoms with Crippen LogP contribution in [0.25, 0.3) is 0 Å². The number of para-hydroxylation sites is 2. The molecule has 3 N–H and O–H groups in total. The van der Waals surface area contributed by atoms with E-state index in [1.54, 1.807) is 12.1 Å². The molecule has 0 heterocycles. The van der Waals surface area contributed by atoms with Crippen LogP contribution in [0.3, 0.4) is 0 Å². The molecule has 0 aromatic heterocycles. The second kappa shape index (κ2) is 7.78. The highest BCUT2D eigenvalue weighted by atomic mass is 16.5. The third-order valence-corrected chi connectivity index (χ3v) is 2.59. The van der Waals surface area contributed by atoms with Gasteiger partial charge >= 0.3 is 0 Å². The molecular weight excluding hydrogens is 254 g/mol. The van der Waals surface area contributed by atoms with Gasteiger partial charge in [0.05, 0.1) is 5.54 Å². The van der Waals surface area contributed by atoms with E-state index in [2.05, 4.69) is 32.0 Å². The lowest BCUT2D eigenvalue weighted by atomic mass is 10.1. The van der Waals surface area contributed by atoms with Gasteiger partial charge in [-0.2, -0.15) is 0 Å². The van der Waals surface area contributed by atoms with Crippen LogP contribution in [-0.2, 0) is 0 Å². The number of nitrogens with two attached hydrogens (primary N) is 1. The lowest BCUT2D eigenvalue weighted by Crippen LogP contribution is -2.96. The number of rotatable bonds is 7. The highest BCUT2D eigenvalue weighted by Gasteiger charge is 2.17. The standard InChI is InChI=1S/C16H23NO3/c1-5-10-19-14-8-6-7-9-15(14)20-12-13(18)11-17-16(2,3)4/h1,6-9,13,17-18H,10-12H2,2-4H3/p+1/t13-/m0/s1. The lowest BCUT2D eigenvalue weighted by Gasteiger charge is -2.20. The van der Waals surface area contributed by atoms with E-state index in [0.29, 0.717) is 18.0 Å². The fourth-order valence-electron chi connectivity index (χ4n) is 1.55. The fourth-order valence-corrected chi connectivity index (χ4v) is 1.55. The maximum absolute atomic E-state index is 9.91. The number of aliphatic hydroxyl groups excluding tert-OH is 1. The van der Waals surface area contributed by atoms with Crippen LogP contribution in [0.4, 0.5) is 0 Å². The molecule has 0 fully saturated rings. The molecule has 0 unspecified atom stereocenters. The monoisotopic (exact) mass is 278 g/mol. The smallest absolute Gasteiger partial charge is 0.162 e. The predicted molar refractivity (Wildman–Crippen MR) is 78.8 cm³/mol. The van der Waals surface area contributed by atoms with E-state index in [4.69, 9.17) is 15.9 Å². The summed E-state index contributed by atoms with van der Waals surface area (Å²) in [4.78, 5) is 0. The molecule has 20 heavy (non-hydrogen) atoms. The first-order valence-electron chi connectivity index (χ1n) is 6.73. The van der Waals surface area contributed by atoms with Crippen molar-refractivity contribution in [1.82, 2.24) is 0 Å². The molecule has 1 aromatic carbocycles. The van der Waals surface area contributed by atoms with Crippen molar-refractivity contribution in [1.29, 1.82) is 0 Å². The molecule has 0 amide bonds. The number of ether oxygens (including phenoxy) is 2. The molecule has 0 aliphatic carbocycles. The Bertz CT molecular complexity index is 446. The summed E-state index contributed by atoms with van der Waals surface area (Å²) in [5, 5.41) is 12.0. The number of terminal acetylenes is 1. The first-order valence-corrected chi connectivity index (χ1v) is 6.73. The molecule has 0 spiro atoms. The first kappa shape index (κ1) is 16.4. The number of hydrogen-bond donors (Lipinski definition) is 2. The van der Waals surface area contributed by atoms with Crippen LogP contribution < -0.4 is 14.8 Å². The van der Waals surface area contributed by atoms with Crippen molar-refractivity contribution in [2.24, 2.45) is 0 Å². The topological polar surface area (TPSA) is 55.3 Å². The Morgan fingerprint density at radius 1 is 1.25 bits per heavy atom. The molecular formula is C16H24NO3+. The molecule has 1 rings (SSSR count). The summed E-state index contributed by atoms with van der Waals surface area (Å²) in [5.74, 6) is 3.60. The van der Waals surface area contributed by atoms with Gasteiger partial charge < -0.3 is 19.9 Å². The largest absolute Gasteiger partial charge is 0.487 e. The SMILES string of the molecule is C#CCOc1ccccc1OC[C@@H](O)C[NH2+]C(C)(C)C. The Labute approximate surface area is 121 Å². The minimum absolute atomic E-state index is 0.0921. The average molecular weight is 278 g/mol. The van der Waals surface area contributed by atoms with Crippen molar-refractivity contribution < 1.29 is 19.9 Å². The van der Waals surface area contributed by atoms with Crippen LogP contribution in [0.1, 0.15) is 20.8 Å². The lowest BCUT2D eigenvalue weighted by molar-refractivity contribution is -0.722. The molecule has 0 saturated carbocycles. The maximum atomic E-state index is 9.91. The zero-order valence-electron chi connectivity index (χ0n) is 12.4. The zero-order chi connectivity index (χ0) is 15.0. The second-order valence-corrected chi connectivity index (χ2v) is 5.71. The summed E-state index contributed by atoms with van der Waals surface area (Å²) in [6.45, 7) is 7.32. The molecule has 4 heteroatoms. The summed E-state index contributed by atoms with van der Waals surface area (Å²) in [6, 6.07) is 7.29. The quantitative estimate of drug-likeness (QED) is 0.725. The van der Waals surface area contributed by atoms with Crippen molar-refractivity contribution in [3.8, 4) is 23.8 Å². The van der Waals surface area contributed by atoms with Gasteiger partial charge in [-0.1, -0.05) is 18.1 Å². The van der Waals surface area contributed by atoms with Crippen LogP contribution >= 0.6 is 0 Å². The van der Waals surface area contributed by atoms with Gasteiger partial charge in [0.2, 0.25) is 0 Å². The summed E-state index contributed by atoms with van der Waals surface area (Å²) in [7, 11) is 0.